The third kappa shape index (κ3) is 3.98. The molecule has 3 rings (SSSR count). The van der Waals surface area contributed by atoms with Crippen molar-refractivity contribution in [3.8, 4) is 5.75 Å². The Balaban J connectivity index is 1.98. The summed E-state index contributed by atoms with van der Waals surface area (Å²) in [5.41, 5.74) is 5.73. The van der Waals surface area contributed by atoms with Crippen LogP contribution in [0.3, 0.4) is 0 Å². The number of anilines is 3. The Labute approximate surface area is 165 Å². The Morgan fingerprint density at radius 1 is 1.15 bits per heavy atom. The van der Waals surface area contributed by atoms with E-state index in [1.807, 2.05) is 13.0 Å². The number of pyridine rings is 1. The molecule has 0 amide bonds. The van der Waals surface area contributed by atoms with Crippen LogP contribution < -0.4 is 15.0 Å². The minimum absolute atomic E-state index is 0.752. The minimum Gasteiger partial charge on any atom is -0.491 e. The molecular formula is C21H28BrN3O. The van der Waals surface area contributed by atoms with Crippen LogP contribution in [0.15, 0.2) is 22.7 Å². The highest BCUT2D eigenvalue weighted by molar-refractivity contribution is 9.10. The lowest BCUT2D eigenvalue weighted by Gasteiger charge is -2.34. The lowest BCUT2D eigenvalue weighted by atomic mass is 10.1. The van der Waals surface area contributed by atoms with Crippen LogP contribution in [0.25, 0.3) is 0 Å². The molecular weight excluding hydrogens is 390 g/mol. The molecule has 0 bridgehead atoms. The zero-order chi connectivity index (χ0) is 18.7. The van der Waals surface area contributed by atoms with E-state index in [2.05, 4.69) is 59.1 Å². The molecule has 5 heteroatoms. The number of unbranched alkanes of at least 4 members (excludes halogenated alkanes) is 2. The fraction of sp³-hybridized carbons (Fsp3) is 0.476. The molecule has 0 spiro atoms. The van der Waals surface area contributed by atoms with E-state index in [1.54, 1.807) is 0 Å². The standard InChI is InChI=1S/C21H28BrN3O/c1-5-6-7-10-26-18-13-16(4)24-21-19(18)23-8-9-25(21)20-14(2)11-17(22)12-15(20)3/h11-13,23H,5-10H2,1-4H3. The van der Waals surface area contributed by atoms with Crippen LogP contribution in [0, 0.1) is 20.8 Å². The number of nitrogens with one attached hydrogen (secondary N) is 1. The van der Waals surface area contributed by atoms with Crippen LogP contribution >= 0.6 is 15.9 Å². The Hall–Kier alpha value is -1.75. The monoisotopic (exact) mass is 417 g/mol. The van der Waals surface area contributed by atoms with Gasteiger partial charge in [-0.25, -0.2) is 4.98 Å². The number of fused-ring (bicyclic) bond motifs is 1. The Kier molecular flexibility index (Phi) is 6.07. The predicted octanol–water partition coefficient (Wildman–Crippen LogP) is 5.90. The van der Waals surface area contributed by atoms with E-state index in [4.69, 9.17) is 9.72 Å². The van der Waals surface area contributed by atoms with E-state index in [1.165, 1.54) is 29.7 Å². The number of ether oxygens (including phenoxy) is 1. The van der Waals surface area contributed by atoms with E-state index in [9.17, 15) is 0 Å². The largest absolute Gasteiger partial charge is 0.491 e. The number of nitrogens with zero attached hydrogens (tertiary/aromatic N) is 2. The third-order valence-corrected chi connectivity index (χ3v) is 5.17. The van der Waals surface area contributed by atoms with E-state index < -0.39 is 0 Å². The average molecular weight is 418 g/mol. The molecule has 26 heavy (non-hydrogen) atoms. The molecule has 0 radical (unpaired) electrons. The topological polar surface area (TPSA) is 37.4 Å². The minimum atomic E-state index is 0.752. The number of aryl methyl sites for hydroxylation is 3. The van der Waals surface area contributed by atoms with Crippen molar-refractivity contribution < 1.29 is 4.74 Å². The second-order valence-corrected chi connectivity index (χ2v) is 7.90. The molecule has 1 N–H and O–H groups in total. The number of benzene rings is 1. The van der Waals surface area contributed by atoms with Crippen molar-refractivity contribution in [1.82, 2.24) is 4.98 Å². The lowest BCUT2D eigenvalue weighted by Crippen LogP contribution is -2.32. The van der Waals surface area contributed by atoms with Gasteiger partial charge in [-0.3, -0.25) is 0 Å². The molecule has 1 aromatic heterocycles. The molecule has 0 aliphatic carbocycles. The summed E-state index contributed by atoms with van der Waals surface area (Å²) in [5, 5.41) is 3.51. The highest BCUT2D eigenvalue weighted by Crippen LogP contribution is 2.42. The second-order valence-electron chi connectivity index (χ2n) is 6.98. The normalized spacial score (nSPS) is 13.3. The zero-order valence-electron chi connectivity index (χ0n) is 16.2. The lowest BCUT2D eigenvalue weighted by molar-refractivity contribution is 0.307. The van der Waals surface area contributed by atoms with Crippen LogP contribution in [0.1, 0.15) is 43.0 Å². The second kappa shape index (κ2) is 8.30. The van der Waals surface area contributed by atoms with Gasteiger partial charge in [-0.1, -0.05) is 35.7 Å². The van der Waals surface area contributed by atoms with Crippen LogP contribution in [0.5, 0.6) is 5.75 Å². The van der Waals surface area contributed by atoms with Crippen molar-refractivity contribution in [3.63, 3.8) is 0 Å². The maximum absolute atomic E-state index is 6.11. The summed E-state index contributed by atoms with van der Waals surface area (Å²) >= 11 is 3.60. The highest BCUT2D eigenvalue weighted by Gasteiger charge is 2.25. The quantitative estimate of drug-likeness (QED) is 0.593. The first kappa shape index (κ1) is 19.0. The molecule has 2 heterocycles. The molecule has 2 aromatic rings. The van der Waals surface area contributed by atoms with Gasteiger partial charge in [-0.05, 0) is 50.5 Å². The summed E-state index contributed by atoms with van der Waals surface area (Å²) in [7, 11) is 0. The van der Waals surface area contributed by atoms with Gasteiger partial charge in [-0.2, -0.15) is 0 Å². The number of rotatable bonds is 6. The van der Waals surface area contributed by atoms with Crippen molar-refractivity contribution in [3.05, 3.63) is 39.5 Å². The molecule has 0 saturated heterocycles. The van der Waals surface area contributed by atoms with E-state index in [0.717, 1.165) is 53.5 Å². The maximum Gasteiger partial charge on any atom is 0.160 e. The summed E-state index contributed by atoms with van der Waals surface area (Å²) in [5.74, 6) is 1.89. The molecule has 0 saturated carbocycles. The summed E-state index contributed by atoms with van der Waals surface area (Å²) in [6, 6.07) is 6.38. The summed E-state index contributed by atoms with van der Waals surface area (Å²) in [6.45, 7) is 11.1. The van der Waals surface area contributed by atoms with Crippen molar-refractivity contribution in [2.24, 2.45) is 0 Å². The van der Waals surface area contributed by atoms with Gasteiger partial charge < -0.3 is 15.0 Å². The third-order valence-electron chi connectivity index (χ3n) is 4.72. The van der Waals surface area contributed by atoms with Crippen molar-refractivity contribution in [2.45, 2.75) is 47.0 Å². The highest BCUT2D eigenvalue weighted by atomic mass is 79.9. The van der Waals surface area contributed by atoms with Crippen molar-refractivity contribution in [1.29, 1.82) is 0 Å². The summed E-state index contributed by atoms with van der Waals surface area (Å²) < 4.78 is 7.23. The zero-order valence-corrected chi connectivity index (χ0v) is 17.7. The molecule has 1 aliphatic rings. The number of hydrogen-bond acceptors (Lipinski definition) is 4. The summed E-state index contributed by atoms with van der Waals surface area (Å²) in [4.78, 5) is 7.18. The van der Waals surface area contributed by atoms with Gasteiger partial charge in [0.1, 0.15) is 11.4 Å². The van der Waals surface area contributed by atoms with Gasteiger partial charge in [-0.15, -0.1) is 0 Å². The van der Waals surface area contributed by atoms with Crippen molar-refractivity contribution >= 4 is 33.1 Å². The fourth-order valence-electron chi connectivity index (χ4n) is 3.58. The Morgan fingerprint density at radius 3 is 2.58 bits per heavy atom. The first-order chi connectivity index (χ1) is 12.5. The van der Waals surface area contributed by atoms with Gasteiger partial charge >= 0.3 is 0 Å². The van der Waals surface area contributed by atoms with Crippen molar-refractivity contribution in [2.75, 3.05) is 29.9 Å². The van der Waals surface area contributed by atoms with E-state index >= 15 is 0 Å². The van der Waals surface area contributed by atoms with Gasteiger partial charge in [0.25, 0.3) is 0 Å². The number of aromatic nitrogens is 1. The molecule has 0 fully saturated rings. The smallest absolute Gasteiger partial charge is 0.160 e. The van der Waals surface area contributed by atoms with Gasteiger partial charge in [0.2, 0.25) is 0 Å². The molecule has 1 aliphatic heterocycles. The van der Waals surface area contributed by atoms with Gasteiger partial charge in [0.15, 0.2) is 5.82 Å². The maximum atomic E-state index is 6.11. The number of hydrogen-bond donors (Lipinski definition) is 1. The molecule has 0 unspecified atom stereocenters. The van der Waals surface area contributed by atoms with Gasteiger partial charge in [0.05, 0.1) is 6.61 Å². The van der Waals surface area contributed by atoms with Crippen LogP contribution in [0.4, 0.5) is 17.2 Å². The molecule has 140 valence electrons. The van der Waals surface area contributed by atoms with Crippen LogP contribution in [0.2, 0.25) is 0 Å². The fourth-order valence-corrected chi connectivity index (χ4v) is 4.27. The van der Waals surface area contributed by atoms with Crippen LogP contribution in [-0.2, 0) is 0 Å². The Morgan fingerprint density at radius 2 is 1.88 bits per heavy atom. The first-order valence-corrected chi connectivity index (χ1v) is 10.2. The predicted molar refractivity (Wildman–Crippen MR) is 113 cm³/mol. The van der Waals surface area contributed by atoms with E-state index in [-0.39, 0.29) is 0 Å². The summed E-state index contributed by atoms with van der Waals surface area (Å²) in [6.07, 6.45) is 3.48. The SMILES string of the molecule is CCCCCOc1cc(C)nc2c1NCCN2c1c(C)cc(Br)cc1C. The van der Waals surface area contributed by atoms with Gasteiger partial charge in [0, 0.05) is 35.0 Å². The Bertz CT molecular complexity index is 768. The number of halogens is 1. The van der Waals surface area contributed by atoms with E-state index in [0.29, 0.717) is 0 Å². The van der Waals surface area contributed by atoms with Crippen LogP contribution in [-0.4, -0.2) is 24.7 Å². The molecule has 0 atom stereocenters. The first-order valence-electron chi connectivity index (χ1n) is 9.44. The molecule has 1 aromatic carbocycles. The molecule has 4 nitrogen and oxygen atoms in total. The average Bonchev–Trinajstić information content (AvgIpc) is 2.58.